The third-order valence-electron chi connectivity index (χ3n) is 1.95. The summed E-state index contributed by atoms with van der Waals surface area (Å²) < 4.78 is 5.23. The number of ether oxygens (including phenoxy) is 1. The van der Waals surface area contributed by atoms with Gasteiger partial charge >= 0.3 is 5.97 Å². The monoisotopic (exact) mass is 166 g/mol. The Hall–Kier alpha value is -1.05. The second-order valence-corrected chi connectivity index (χ2v) is 3.42. The van der Waals surface area contributed by atoms with Crippen LogP contribution in [0.2, 0.25) is 0 Å². The van der Waals surface area contributed by atoms with E-state index in [9.17, 15) is 4.79 Å². The molecule has 0 N–H and O–H groups in total. The minimum atomic E-state index is -0.393. The van der Waals surface area contributed by atoms with E-state index in [1.165, 1.54) is 0 Å². The van der Waals surface area contributed by atoms with Crippen LogP contribution < -0.4 is 0 Å². The standard InChI is InChI=1S/C10H14O2/c1-8(2)9(11)12-10(3)6-4-5-7-10/h4,6H,1,5,7H2,2-3H3. The third kappa shape index (κ3) is 1.97. The summed E-state index contributed by atoms with van der Waals surface area (Å²) in [4.78, 5) is 11.1. The van der Waals surface area contributed by atoms with Crippen LogP contribution >= 0.6 is 0 Å². The predicted molar refractivity (Wildman–Crippen MR) is 47.7 cm³/mol. The molecule has 0 aliphatic heterocycles. The second kappa shape index (κ2) is 3.13. The zero-order valence-corrected chi connectivity index (χ0v) is 7.59. The second-order valence-electron chi connectivity index (χ2n) is 3.42. The fourth-order valence-electron chi connectivity index (χ4n) is 1.17. The molecule has 0 saturated carbocycles. The van der Waals surface area contributed by atoms with Crippen LogP contribution in [0.3, 0.4) is 0 Å². The zero-order chi connectivity index (χ0) is 9.19. The molecule has 2 heteroatoms. The van der Waals surface area contributed by atoms with Crippen LogP contribution in [0.25, 0.3) is 0 Å². The Kier molecular flexibility index (Phi) is 2.36. The summed E-state index contributed by atoms with van der Waals surface area (Å²) in [6.07, 6.45) is 5.84. The van der Waals surface area contributed by atoms with Crippen molar-refractivity contribution in [3.63, 3.8) is 0 Å². The van der Waals surface area contributed by atoms with Crippen LogP contribution in [-0.2, 0) is 9.53 Å². The molecule has 1 aliphatic rings. The van der Waals surface area contributed by atoms with Gasteiger partial charge in [-0.15, -0.1) is 0 Å². The lowest BCUT2D eigenvalue weighted by molar-refractivity contribution is -0.148. The first-order chi connectivity index (χ1) is 5.53. The Morgan fingerprint density at radius 1 is 1.67 bits per heavy atom. The lowest BCUT2D eigenvalue weighted by atomic mass is 10.1. The van der Waals surface area contributed by atoms with E-state index < -0.39 is 5.60 Å². The summed E-state index contributed by atoms with van der Waals surface area (Å²) >= 11 is 0. The minimum Gasteiger partial charge on any atom is -0.452 e. The molecule has 0 aromatic heterocycles. The topological polar surface area (TPSA) is 26.3 Å². The van der Waals surface area contributed by atoms with Gasteiger partial charge in [0.15, 0.2) is 0 Å². The molecule has 1 rings (SSSR count). The Labute approximate surface area is 72.9 Å². The fraction of sp³-hybridized carbons (Fsp3) is 0.500. The van der Waals surface area contributed by atoms with Gasteiger partial charge in [0.2, 0.25) is 0 Å². The van der Waals surface area contributed by atoms with Crippen LogP contribution in [0.1, 0.15) is 26.7 Å². The maximum atomic E-state index is 11.1. The van der Waals surface area contributed by atoms with Gasteiger partial charge in [-0.3, -0.25) is 0 Å². The van der Waals surface area contributed by atoms with E-state index in [2.05, 4.69) is 6.58 Å². The summed E-state index contributed by atoms with van der Waals surface area (Å²) in [5.74, 6) is -0.302. The molecule has 66 valence electrons. The molecule has 0 amide bonds. The number of esters is 1. The molecule has 0 fully saturated rings. The molecule has 0 saturated heterocycles. The van der Waals surface area contributed by atoms with Gasteiger partial charge in [-0.05, 0) is 32.8 Å². The van der Waals surface area contributed by atoms with Crippen molar-refractivity contribution >= 4 is 5.97 Å². The van der Waals surface area contributed by atoms with Crippen molar-refractivity contribution in [2.45, 2.75) is 32.3 Å². The quantitative estimate of drug-likeness (QED) is 0.357. The summed E-state index contributed by atoms with van der Waals surface area (Å²) in [6, 6.07) is 0. The Morgan fingerprint density at radius 3 is 2.75 bits per heavy atom. The number of hydrogen-bond donors (Lipinski definition) is 0. The molecule has 1 unspecified atom stereocenters. The van der Waals surface area contributed by atoms with Gasteiger partial charge in [0.1, 0.15) is 5.60 Å². The van der Waals surface area contributed by atoms with Crippen LogP contribution in [0.5, 0.6) is 0 Å². The molecule has 0 heterocycles. The fourth-order valence-corrected chi connectivity index (χ4v) is 1.17. The van der Waals surface area contributed by atoms with Crippen molar-refractivity contribution in [2.75, 3.05) is 0 Å². The number of carbonyl (C=O) groups is 1. The first kappa shape index (κ1) is 9.04. The van der Waals surface area contributed by atoms with Crippen LogP contribution in [0.4, 0.5) is 0 Å². The van der Waals surface area contributed by atoms with Gasteiger partial charge in [0, 0.05) is 5.57 Å². The third-order valence-corrected chi connectivity index (χ3v) is 1.95. The summed E-state index contributed by atoms with van der Waals surface area (Å²) in [7, 11) is 0. The van der Waals surface area contributed by atoms with Crippen LogP contribution in [0.15, 0.2) is 24.3 Å². The van der Waals surface area contributed by atoms with Gasteiger partial charge < -0.3 is 4.74 Å². The number of rotatable bonds is 2. The molecule has 0 aromatic carbocycles. The van der Waals surface area contributed by atoms with Crippen molar-refractivity contribution in [2.24, 2.45) is 0 Å². The van der Waals surface area contributed by atoms with Crippen molar-refractivity contribution in [3.8, 4) is 0 Å². The van der Waals surface area contributed by atoms with Gasteiger partial charge in [0.25, 0.3) is 0 Å². The molecule has 0 bridgehead atoms. The van der Waals surface area contributed by atoms with Crippen LogP contribution in [0, 0.1) is 0 Å². The van der Waals surface area contributed by atoms with E-state index in [0.29, 0.717) is 5.57 Å². The van der Waals surface area contributed by atoms with E-state index in [-0.39, 0.29) is 5.97 Å². The van der Waals surface area contributed by atoms with E-state index in [0.717, 1.165) is 12.8 Å². The molecule has 1 aliphatic carbocycles. The van der Waals surface area contributed by atoms with E-state index in [4.69, 9.17) is 4.74 Å². The molecular formula is C10H14O2. The summed E-state index contributed by atoms with van der Waals surface area (Å²) in [5.41, 5.74) is 0.0623. The van der Waals surface area contributed by atoms with Crippen molar-refractivity contribution in [1.29, 1.82) is 0 Å². The van der Waals surface area contributed by atoms with Crippen molar-refractivity contribution in [3.05, 3.63) is 24.3 Å². The van der Waals surface area contributed by atoms with E-state index >= 15 is 0 Å². The maximum absolute atomic E-state index is 11.1. The van der Waals surface area contributed by atoms with Crippen molar-refractivity contribution < 1.29 is 9.53 Å². The average molecular weight is 166 g/mol. The summed E-state index contributed by atoms with van der Waals surface area (Å²) in [5, 5.41) is 0. The average Bonchev–Trinajstić information content (AvgIpc) is 2.35. The highest BCUT2D eigenvalue weighted by atomic mass is 16.6. The SMILES string of the molecule is C=C(C)C(=O)OC1(C)C=CCC1. The highest BCUT2D eigenvalue weighted by molar-refractivity contribution is 5.87. The molecule has 0 spiro atoms. The summed E-state index contributed by atoms with van der Waals surface area (Å²) in [6.45, 7) is 7.10. The van der Waals surface area contributed by atoms with Gasteiger partial charge in [-0.2, -0.15) is 0 Å². The zero-order valence-electron chi connectivity index (χ0n) is 7.59. The molecule has 2 nitrogen and oxygen atoms in total. The highest BCUT2D eigenvalue weighted by Crippen LogP contribution is 2.26. The first-order valence-electron chi connectivity index (χ1n) is 4.10. The molecule has 0 radical (unpaired) electrons. The highest BCUT2D eigenvalue weighted by Gasteiger charge is 2.28. The molecule has 1 atom stereocenters. The minimum absolute atomic E-state index is 0.302. The number of allylic oxidation sites excluding steroid dienone is 1. The molecule has 0 aromatic rings. The molecular weight excluding hydrogens is 152 g/mol. The predicted octanol–water partition coefficient (Wildman–Crippen LogP) is 2.21. The van der Waals surface area contributed by atoms with E-state index in [1.54, 1.807) is 6.92 Å². The Morgan fingerprint density at radius 2 is 2.33 bits per heavy atom. The number of hydrogen-bond acceptors (Lipinski definition) is 2. The van der Waals surface area contributed by atoms with Gasteiger partial charge in [0.05, 0.1) is 0 Å². The lowest BCUT2D eigenvalue weighted by Gasteiger charge is -2.22. The smallest absolute Gasteiger partial charge is 0.333 e. The maximum Gasteiger partial charge on any atom is 0.333 e. The van der Waals surface area contributed by atoms with Crippen molar-refractivity contribution in [1.82, 2.24) is 0 Å². The van der Waals surface area contributed by atoms with Gasteiger partial charge in [-0.25, -0.2) is 4.79 Å². The number of carbonyl (C=O) groups excluding carboxylic acids is 1. The Bertz CT molecular complexity index is 240. The molecule has 12 heavy (non-hydrogen) atoms. The lowest BCUT2D eigenvalue weighted by Crippen LogP contribution is -2.27. The van der Waals surface area contributed by atoms with E-state index in [1.807, 2.05) is 19.1 Å². The van der Waals surface area contributed by atoms with Crippen LogP contribution in [-0.4, -0.2) is 11.6 Å². The largest absolute Gasteiger partial charge is 0.452 e. The normalized spacial score (nSPS) is 27.2. The Balaban J connectivity index is 2.56. The van der Waals surface area contributed by atoms with Gasteiger partial charge in [-0.1, -0.05) is 12.7 Å². The first-order valence-corrected chi connectivity index (χ1v) is 4.10.